The van der Waals surface area contributed by atoms with Gasteiger partial charge in [-0.1, -0.05) is 11.6 Å². The molecule has 0 amide bonds. The second-order valence-electron chi connectivity index (χ2n) is 8.94. The fraction of sp³-hybridized carbons (Fsp3) is 0.714. The SMILES string of the molecule is COCC1(n2c(CCCC(C)(C)O)nnc2NSC(C)C(OC)c2ncc(Cl)cn2)CC1. The molecule has 2 heterocycles. The van der Waals surface area contributed by atoms with Crippen LogP contribution in [0.15, 0.2) is 12.4 Å². The Labute approximate surface area is 198 Å². The van der Waals surface area contributed by atoms with Crippen LogP contribution in [-0.4, -0.2) is 61.5 Å². The maximum atomic E-state index is 10.0. The van der Waals surface area contributed by atoms with Crippen LogP contribution >= 0.6 is 23.5 Å². The highest BCUT2D eigenvalue weighted by Crippen LogP contribution is 2.46. The predicted octanol–water partition coefficient (Wildman–Crippen LogP) is 3.79. The summed E-state index contributed by atoms with van der Waals surface area (Å²) >= 11 is 7.40. The number of ether oxygens (including phenoxy) is 2. The Morgan fingerprint density at radius 3 is 2.53 bits per heavy atom. The average molecular weight is 485 g/mol. The second-order valence-corrected chi connectivity index (χ2v) is 10.6. The molecule has 0 saturated heterocycles. The topological polar surface area (TPSA) is 107 Å². The third-order valence-electron chi connectivity index (χ3n) is 5.54. The summed E-state index contributed by atoms with van der Waals surface area (Å²) in [5.41, 5.74) is -0.811. The third kappa shape index (κ3) is 6.32. The van der Waals surface area contributed by atoms with E-state index in [1.165, 1.54) is 11.9 Å². The van der Waals surface area contributed by atoms with Crippen LogP contribution in [0.2, 0.25) is 5.02 Å². The van der Waals surface area contributed by atoms with Crippen molar-refractivity contribution in [1.29, 1.82) is 0 Å². The highest BCUT2D eigenvalue weighted by atomic mass is 35.5. The summed E-state index contributed by atoms with van der Waals surface area (Å²) in [5.74, 6) is 2.18. The molecule has 1 aliphatic carbocycles. The summed E-state index contributed by atoms with van der Waals surface area (Å²) in [6.45, 7) is 6.30. The van der Waals surface area contributed by atoms with Gasteiger partial charge in [0, 0.05) is 33.0 Å². The fourth-order valence-corrected chi connectivity index (χ4v) is 4.63. The van der Waals surface area contributed by atoms with Crippen molar-refractivity contribution < 1.29 is 14.6 Å². The van der Waals surface area contributed by atoms with Gasteiger partial charge in [-0.3, -0.25) is 9.29 Å². The lowest BCUT2D eigenvalue weighted by Gasteiger charge is -2.24. The molecule has 0 spiro atoms. The zero-order valence-corrected chi connectivity index (χ0v) is 20.9. The molecule has 0 bridgehead atoms. The Balaban J connectivity index is 1.73. The van der Waals surface area contributed by atoms with Crippen LogP contribution in [0.3, 0.4) is 0 Å². The van der Waals surface area contributed by atoms with E-state index in [1.807, 2.05) is 20.8 Å². The van der Waals surface area contributed by atoms with E-state index >= 15 is 0 Å². The number of nitrogens with zero attached hydrogens (tertiary/aromatic N) is 5. The largest absolute Gasteiger partial charge is 0.390 e. The Hall–Kier alpha value is -1.46. The van der Waals surface area contributed by atoms with Crippen molar-refractivity contribution in [2.45, 2.75) is 75.4 Å². The lowest BCUT2D eigenvalue weighted by atomic mass is 10.0. The lowest BCUT2D eigenvalue weighted by Crippen LogP contribution is -2.27. The quantitative estimate of drug-likeness (QED) is 0.410. The number of nitrogens with one attached hydrogen (secondary N) is 1. The first-order chi connectivity index (χ1) is 15.2. The van der Waals surface area contributed by atoms with Crippen molar-refractivity contribution in [1.82, 2.24) is 24.7 Å². The van der Waals surface area contributed by atoms with Crippen molar-refractivity contribution in [3.8, 4) is 0 Å². The Morgan fingerprint density at radius 2 is 1.97 bits per heavy atom. The maximum Gasteiger partial charge on any atom is 0.235 e. The van der Waals surface area contributed by atoms with E-state index in [0.29, 0.717) is 29.8 Å². The van der Waals surface area contributed by atoms with Crippen LogP contribution in [0.5, 0.6) is 0 Å². The van der Waals surface area contributed by atoms with Crippen molar-refractivity contribution in [2.75, 3.05) is 25.5 Å². The third-order valence-corrected chi connectivity index (χ3v) is 6.66. The van der Waals surface area contributed by atoms with Crippen molar-refractivity contribution in [2.24, 2.45) is 0 Å². The summed E-state index contributed by atoms with van der Waals surface area (Å²) in [4.78, 5) is 8.59. The van der Waals surface area contributed by atoms with E-state index in [0.717, 1.165) is 31.5 Å². The van der Waals surface area contributed by atoms with E-state index in [4.69, 9.17) is 21.1 Å². The minimum Gasteiger partial charge on any atom is -0.390 e. The zero-order chi connectivity index (χ0) is 23.4. The molecule has 1 saturated carbocycles. The molecule has 0 aromatic carbocycles. The minimum absolute atomic E-state index is 0.0115. The van der Waals surface area contributed by atoms with Crippen molar-refractivity contribution >= 4 is 29.5 Å². The van der Waals surface area contributed by atoms with E-state index < -0.39 is 5.60 Å². The van der Waals surface area contributed by atoms with Crippen LogP contribution in [-0.2, 0) is 21.4 Å². The number of rotatable bonds is 13. The first-order valence-electron chi connectivity index (χ1n) is 10.8. The number of aliphatic hydroxyl groups is 1. The Kier molecular flexibility index (Phi) is 8.37. The second kappa shape index (κ2) is 10.6. The van der Waals surface area contributed by atoms with Gasteiger partial charge < -0.3 is 14.6 Å². The van der Waals surface area contributed by atoms with Gasteiger partial charge in [0.25, 0.3) is 0 Å². The van der Waals surface area contributed by atoms with Crippen molar-refractivity contribution in [3.63, 3.8) is 0 Å². The summed E-state index contributed by atoms with van der Waals surface area (Å²) in [6.07, 6.45) is 7.12. The monoisotopic (exact) mass is 484 g/mol. The number of halogens is 1. The molecular formula is C21H33ClN6O3S. The summed E-state index contributed by atoms with van der Waals surface area (Å²) in [5, 5.41) is 19.4. The van der Waals surface area contributed by atoms with Gasteiger partial charge in [0.2, 0.25) is 5.95 Å². The highest BCUT2D eigenvalue weighted by molar-refractivity contribution is 8.01. The number of anilines is 1. The van der Waals surface area contributed by atoms with E-state index in [2.05, 4.69) is 29.5 Å². The predicted molar refractivity (Wildman–Crippen MR) is 126 cm³/mol. The first-order valence-corrected chi connectivity index (χ1v) is 12.0. The van der Waals surface area contributed by atoms with Gasteiger partial charge in [0.15, 0.2) is 5.82 Å². The van der Waals surface area contributed by atoms with Crippen LogP contribution in [0.1, 0.15) is 64.2 Å². The number of methoxy groups -OCH3 is 2. The normalized spacial score (nSPS) is 17.2. The van der Waals surface area contributed by atoms with Crippen LogP contribution in [0, 0.1) is 0 Å². The van der Waals surface area contributed by atoms with Gasteiger partial charge in [0.05, 0.1) is 28.0 Å². The first kappa shape index (κ1) is 25.2. The summed E-state index contributed by atoms with van der Waals surface area (Å²) < 4.78 is 16.7. The van der Waals surface area contributed by atoms with E-state index in [-0.39, 0.29) is 16.9 Å². The molecule has 2 N–H and O–H groups in total. The van der Waals surface area contributed by atoms with Gasteiger partial charge in [-0.2, -0.15) is 0 Å². The zero-order valence-electron chi connectivity index (χ0n) is 19.3. The molecule has 2 aromatic heterocycles. The van der Waals surface area contributed by atoms with Gasteiger partial charge in [-0.05, 0) is 58.4 Å². The molecule has 2 unspecified atom stereocenters. The van der Waals surface area contributed by atoms with Gasteiger partial charge >= 0.3 is 0 Å². The lowest BCUT2D eigenvalue weighted by molar-refractivity contribution is 0.0686. The molecule has 32 heavy (non-hydrogen) atoms. The number of hydrogen-bond donors (Lipinski definition) is 2. The smallest absolute Gasteiger partial charge is 0.235 e. The molecule has 0 radical (unpaired) electrons. The minimum atomic E-state index is -0.695. The molecule has 1 fully saturated rings. The molecule has 9 nitrogen and oxygen atoms in total. The van der Waals surface area contributed by atoms with Gasteiger partial charge in [-0.25, -0.2) is 9.97 Å². The van der Waals surface area contributed by atoms with Crippen molar-refractivity contribution in [3.05, 3.63) is 29.1 Å². The van der Waals surface area contributed by atoms with E-state index in [9.17, 15) is 5.11 Å². The number of aryl methyl sites for hydroxylation is 1. The summed E-state index contributed by atoms with van der Waals surface area (Å²) in [6, 6.07) is 0. The van der Waals surface area contributed by atoms with Crippen LogP contribution < -0.4 is 4.72 Å². The number of aromatic nitrogens is 5. The Bertz CT molecular complexity index is 869. The molecule has 2 aromatic rings. The Morgan fingerprint density at radius 1 is 1.28 bits per heavy atom. The average Bonchev–Trinajstić information content (AvgIpc) is 3.39. The highest BCUT2D eigenvalue weighted by Gasteiger charge is 2.47. The van der Waals surface area contributed by atoms with Gasteiger partial charge in [0.1, 0.15) is 11.9 Å². The van der Waals surface area contributed by atoms with Gasteiger partial charge in [-0.15, -0.1) is 10.2 Å². The molecule has 0 aliphatic heterocycles. The molecule has 2 atom stereocenters. The van der Waals surface area contributed by atoms with E-state index in [1.54, 1.807) is 26.6 Å². The maximum absolute atomic E-state index is 10.0. The fourth-order valence-electron chi connectivity index (χ4n) is 3.75. The molecule has 3 rings (SSSR count). The molecule has 178 valence electrons. The summed E-state index contributed by atoms with van der Waals surface area (Å²) in [7, 11) is 3.36. The molecule has 1 aliphatic rings. The molecular weight excluding hydrogens is 452 g/mol. The van der Waals surface area contributed by atoms with Crippen LogP contribution in [0.25, 0.3) is 0 Å². The molecule has 11 heteroatoms. The number of hydrogen-bond acceptors (Lipinski definition) is 9. The standard InChI is InChI=1S/C21H33ClN6O3S/c1-14(17(31-5)18-23-11-15(22)12-24-18)32-27-19-26-25-16(7-6-8-20(2,3)29)28(19)21(9-10-21)13-30-4/h11-12,14,17,29H,6-10,13H2,1-5H3,(H,26,27). The van der Waals surface area contributed by atoms with Crippen LogP contribution in [0.4, 0.5) is 5.95 Å².